The number of thioether (sulfide) groups is 2. The van der Waals surface area contributed by atoms with Crippen LogP contribution >= 0.6 is 23.5 Å². The van der Waals surface area contributed by atoms with E-state index in [0.717, 1.165) is 17.9 Å². The number of nitrogens with one attached hydrogen (secondary N) is 1. The normalized spacial score (nSPS) is 20.1. The van der Waals surface area contributed by atoms with Gasteiger partial charge in [-0.05, 0) is 5.92 Å². The highest BCUT2D eigenvalue weighted by molar-refractivity contribution is 8.06. The average molecular weight is 284 g/mol. The summed E-state index contributed by atoms with van der Waals surface area (Å²) in [6.45, 7) is 5.19. The standard InChI is InChI=1S/C12H20N4S2/c1-8(2)10-11(13)15-7-16-12(10)14-5-9-6-17-3-4-18-9/h7-9H,3-6H2,1-2H3,(H3,13,14,15,16). The van der Waals surface area contributed by atoms with Crippen molar-refractivity contribution in [3.05, 3.63) is 11.9 Å². The van der Waals surface area contributed by atoms with Crippen LogP contribution in [0.5, 0.6) is 0 Å². The Morgan fingerprint density at radius 1 is 1.44 bits per heavy atom. The number of hydrogen-bond donors (Lipinski definition) is 2. The highest BCUT2D eigenvalue weighted by Crippen LogP contribution is 2.28. The van der Waals surface area contributed by atoms with Gasteiger partial charge in [0.05, 0.1) is 0 Å². The van der Waals surface area contributed by atoms with Gasteiger partial charge in [-0.2, -0.15) is 23.5 Å². The van der Waals surface area contributed by atoms with E-state index in [-0.39, 0.29) is 0 Å². The smallest absolute Gasteiger partial charge is 0.135 e. The molecule has 1 aliphatic rings. The fraction of sp³-hybridized carbons (Fsp3) is 0.667. The van der Waals surface area contributed by atoms with Gasteiger partial charge >= 0.3 is 0 Å². The largest absolute Gasteiger partial charge is 0.383 e. The summed E-state index contributed by atoms with van der Waals surface area (Å²) in [7, 11) is 0. The molecule has 0 bridgehead atoms. The molecule has 1 unspecified atom stereocenters. The number of rotatable bonds is 4. The Labute approximate surface area is 117 Å². The highest BCUT2D eigenvalue weighted by atomic mass is 32.2. The molecule has 1 saturated heterocycles. The molecule has 6 heteroatoms. The van der Waals surface area contributed by atoms with Crippen LogP contribution in [0.2, 0.25) is 0 Å². The molecular weight excluding hydrogens is 264 g/mol. The van der Waals surface area contributed by atoms with Crippen molar-refractivity contribution in [2.24, 2.45) is 0 Å². The molecule has 0 amide bonds. The van der Waals surface area contributed by atoms with Crippen molar-refractivity contribution in [3.8, 4) is 0 Å². The molecule has 1 atom stereocenters. The lowest BCUT2D eigenvalue weighted by atomic mass is 10.0. The van der Waals surface area contributed by atoms with Crippen molar-refractivity contribution in [2.45, 2.75) is 25.0 Å². The quantitative estimate of drug-likeness (QED) is 0.885. The first-order valence-corrected chi connectivity index (χ1v) is 8.42. The van der Waals surface area contributed by atoms with Gasteiger partial charge in [0.1, 0.15) is 18.0 Å². The Balaban J connectivity index is 2.02. The van der Waals surface area contributed by atoms with Gasteiger partial charge < -0.3 is 11.1 Å². The molecule has 4 nitrogen and oxygen atoms in total. The summed E-state index contributed by atoms with van der Waals surface area (Å²) in [6.07, 6.45) is 1.53. The van der Waals surface area contributed by atoms with E-state index in [4.69, 9.17) is 5.73 Å². The summed E-state index contributed by atoms with van der Waals surface area (Å²) in [5.74, 6) is 5.57. The Bertz CT molecular complexity index is 392. The van der Waals surface area contributed by atoms with Crippen LogP contribution in [0.3, 0.4) is 0 Å². The minimum absolute atomic E-state index is 0.335. The summed E-state index contributed by atoms with van der Waals surface area (Å²) in [4.78, 5) is 8.40. The third-order valence-corrected chi connectivity index (χ3v) is 5.72. The zero-order chi connectivity index (χ0) is 13.0. The van der Waals surface area contributed by atoms with E-state index in [1.807, 2.05) is 23.5 Å². The molecule has 1 fully saturated rings. The number of nitrogens with zero attached hydrogens (tertiary/aromatic N) is 2. The maximum Gasteiger partial charge on any atom is 0.135 e. The highest BCUT2D eigenvalue weighted by Gasteiger charge is 2.17. The Morgan fingerprint density at radius 3 is 2.94 bits per heavy atom. The second kappa shape index (κ2) is 6.52. The number of nitrogen functional groups attached to an aromatic ring is 1. The van der Waals surface area contributed by atoms with Crippen molar-refractivity contribution in [1.29, 1.82) is 0 Å². The number of anilines is 2. The van der Waals surface area contributed by atoms with E-state index in [1.165, 1.54) is 23.6 Å². The minimum atomic E-state index is 0.335. The molecule has 1 aromatic rings. The summed E-state index contributed by atoms with van der Waals surface area (Å²) in [5, 5.41) is 4.11. The van der Waals surface area contributed by atoms with Gasteiger partial charge in [0.15, 0.2) is 0 Å². The molecule has 100 valence electrons. The Morgan fingerprint density at radius 2 is 2.28 bits per heavy atom. The van der Waals surface area contributed by atoms with E-state index in [1.54, 1.807) is 0 Å². The summed E-state index contributed by atoms with van der Waals surface area (Å²) >= 11 is 4.08. The van der Waals surface area contributed by atoms with Crippen LogP contribution in [0, 0.1) is 0 Å². The number of aromatic nitrogens is 2. The molecule has 0 aromatic carbocycles. The Kier molecular flexibility index (Phi) is 5.00. The third-order valence-electron chi connectivity index (χ3n) is 2.87. The predicted octanol–water partition coefficient (Wildman–Crippen LogP) is 2.44. The molecule has 0 radical (unpaired) electrons. The van der Waals surface area contributed by atoms with Crippen molar-refractivity contribution < 1.29 is 0 Å². The fourth-order valence-electron chi connectivity index (χ4n) is 1.98. The van der Waals surface area contributed by atoms with E-state index < -0.39 is 0 Å². The van der Waals surface area contributed by atoms with E-state index in [0.29, 0.717) is 17.0 Å². The molecule has 1 aliphatic heterocycles. The maximum absolute atomic E-state index is 5.93. The molecule has 1 aromatic heterocycles. The summed E-state index contributed by atoms with van der Waals surface area (Å²) in [6, 6.07) is 0. The zero-order valence-electron chi connectivity index (χ0n) is 10.8. The van der Waals surface area contributed by atoms with Crippen LogP contribution in [0.1, 0.15) is 25.3 Å². The van der Waals surface area contributed by atoms with Crippen LogP contribution < -0.4 is 11.1 Å². The minimum Gasteiger partial charge on any atom is -0.383 e. The topological polar surface area (TPSA) is 63.8 Å². The van der Waals surface area contributed by atoms with Crippen LogP contribution in [0.25, 0.3) is 0 Å². The number of nitrogens with two attached hydrogens (primary N) is 1. The Hall–Kier alpha value is -0.620. The summed E-state index contributed by atoms with van der Waals surface area (Å²) in [5.41, 5.74) is 6.96. The monoisotopic (exact) mass is 284 g/mol. The lowest BCUT2D eigenvalue weighted by molar-refractivity contribution is 0.847. The average Bonchev–Trinajstić information content (AvgIpc) is 2.37. The second-order valence-electron chi connectivity index (χ2n) is 4.62. The van der Waals surface area contributed by atoms with E-state index in [9.17, 15) is 0 Å². The first-order chi connectivity index (χ1) is 8.68. The van der Waals surface area contributed by atoms with Crippen molar-refractivity contribution in [3.63, 3.8) is 0 Å². The van der Waals surface area contributed by atoms with Crippen LogP contribution in [0.4, 0.5) is 11.6 Å². The van der Waals surface area contributed by atoms with Gasteiger partial charge in [0, 0.05) is 34.6 Å². The molecule has 18 heavy (non-hydrogen) atoms. The predicted molar refractivity (Wildman–Crippen MR) is 82.6 cm³/mol. The maximum atomic E-state index is 5.93. The molecule has 2 rings (SSSR count). The van der Waals surface area contributed by atoms with Gasteiger partial charge in [0.2, 0.25) is 0 Å². The molecule has 0 spiro atoms. The SMILES string of the molecule is CC(C)c1c(N)ncnc1NCC1CSCCS1. The van der Waals surface area contributed by atoms with Crippen LogP contribution in [-0.2, 0) is 0 Å². The molecule has 0 aliphatic carbocycles. The zero-order valence-corrected chi connectivity index (χ0v) is 12.5. The number of hydrogen-bond acceptors (Lipinski definition) is 6. The first kappa shape index (κ1) is 13.8. The van der Waals surface area contributed by atoms with Crippen molar-refractivity contribution in [2.75, 3.05) is 34.9 Å². The van der Waals surface area contributed by atoms with Crippen LogP contribution in [-0.4, -0.2) is 39.0 Å². The second-order valence-corrected chi connectivity index (χ2v) is 7.18. The van der Waals surface area contributed by atoms with Gasteiger partial charge in [-0.15, -0.1) is 0 Å². The van der Waals surface area contributed by atoms with Crippen LogP contribution in [0.15, 0.2) is 6.33 Å². The van der Waals surface area contributed by atoms with Gasteiger partial charge in [-0.25, -0.2) is 9.97 Å². The van der Waals surface area contributed by atoms with Gasteiger partial charge in [0.25, 0.3) is 0 Å². The first-order valence-electron chi connectivity index (χ1n) is 6.22. The lowest BCUT2D eigenvalue weighted by Gasteiger charge is -2.22. The van der Waals surface area contributed by atoms with Crippen molar-refractivity contribution >= 4 is 35.2 Å². The van der Waals surface area contributed by atoms with Gasteiger partial charge in [-0.1, -0.05) is 13.8 Å². The van der Waals surface area contributed by atoms with E-state index >= 15 is 0 Å². The summed E-state index contributed by atoms with van der Waals surface area (Å²) < 4.78 is 0. The van der Waals surface area contributed by atoms with Crippen molar-refractivity contribution in [1.82, 2.24) is 9.97 Å². The molecule has 2 heterocycles. The molecular formula is C12H20N4S2. The fourth-order valence-corrected chi connectivity index (χ4v) is 4.60. The van der Waals surface area contributed by atoms with E-state index in [2.05, 4.69) is 29.1 Å². The lowest BCUT2D eigenvalue weighted by Crippen LogP contribution is -2.24. The third kappa shape index (κ3) is 3.45. The molecule has 0 saturated carbocycles. The van der Waals surface area contributed by atoms with Gasteiger partial charge in [-0.3, -0.25) is 0 Å². The molecule has 3 N–H and O–H groups in total.